The molecule has 0 aromatic carbocycles. The standard InChI is InChI=1S/C2H6O2.8H2O.4O.4Ti/c3-1-2-4;;;;;;;;;;;;;;;;/h3-4H,1-2H2;8*1H2;;;;;;;;/q;;;;;;;;;;;;;4*+2/p-8. The van der Waals surface area contributed by atoms with Gasteiger partial charge in [0.05, 0.1) is 13.2 Å². The Kier molecular flexibility index (Phi) is 54.2. The minimum atomic E-state index is -3.58. The van der Waals surface area contributed by atoms with Crippen molar-refractivity contribution in [3.63, 3.8) is 0 Å². The second kappa shape index (κ2) is 32.6. The van der Waals surface area contributed by atoms with Crippen LogP contribution in [0.5, 0.6) is 0 Å². The molecule has 0 unspecified atom stereocenters. The van der Waals surface area contributed by atoms with Gasteiger partial charge in [0.15, 0.2) is 0 Å². The summed E-state index contributed by atoms with van der Waals surface area (Å²) in [6, 6.07) is 0. The molecule has 0 spiro atoms. The van der Waals surface area contributed by atoms with Crippen LogP contribution in [0.2, 0.25) is 0 Å². The predicted molar refractivity (Wildman–Crippen MR) is 34.7 cm³/mol. The SMILES string of the molecule is OCCO.[O]=[Ti]([OH])[OH].[O]=[Ti]([OH])[OH].[O]=[Ti]([OH])[OH].[O]=[Ti]([OH])[OH]. The molecular formula is C2H14O14Ti4. The predicted octanol–water partition coefficient (Wildman–Crippen LogP) is -5.97. The topological polar surface area (TPSA) is 271 Å². The fourth-order valence-corrected chi connectivity index (χ4v) is 0. The van der Waals surface area contributed by atoms with E-state index < -0.39 is 74.5 Å². The molecule has 0 saturated carbocycles. The first-order chi connectivity index (χ1) is 8.84. The first kappa shape index (κ1) is 33.3. The molecule has 10 N–H and O–H groups in total. The third-order valence-electron chi connectivity index (χ3n) is 0.1000. The van der Waals surface area contributed by atoms with Gasteiger partial charge in [-0.2, -0.15) is 0 Å². The molecule has 18 heteroatoms. The molecular weight excluding hydrogens is 439 g/mol. The molecule has 0 bridgehead atoms. The van der Waals surface area contributed by atoms with Crippen LogP contribution >= 0.6 is 0 Å². The van der Waals surface area contributed by atoms with E-state index in [9.17, 15) is 0 Å². The van der Waals surface area contributed by atoms with Crippen LogP contribution in [0.1, 0.15) is 0 Å². The van der Waals surface area contributed by atoms with Crippen LogP contribution in [0.25, 0.3) is 0 Å². The summed E-state index contributed by atoms with van der Waals surface area (Å²) in [5, 5.41) is 15.2. The van der Waals surface area contributed by atoms with Gasteiger partial charge in [-0.3, -0.25) is 0 Å². The second-order valence-corrected chi connectivity index (χ2v) is 5.11. The molecule has 0 aliphatic rings. The van der Waals surface area contributed by atoms with E-state index in [1.165, 1.54) is 0 Å². The summed E-state index contributed by atoms with van der Waals surface area (Å²) in [4.78, 5) is 0. The van der Waals surface area contributed by atoms with Gasteiger partial charge >= 0.3 is 117 Å². The van der Waals surface area contributed by atoms with Gasteiger partial charge in [0, 0.05) is 0 Å². The summed E-state index contributed by atoms with van der Waals surface area (Å²) in [6.07, 6.45) is 0. The quantitative estimate of drug-likeness (QED) is 0.166. The first-order valence-electron chi connectivity index (χ1n) is 3.74. The van der Waals surface area contributed by atoms with Crippen LogP contribution in [-0.2, 0) is 87.8 Å². The van der Waals surface area contributed by atoms with Gasteiger partial charge in [0.1, 0.15) is 0 Å². The van der Waals surface area contributed by atoms with E-state index in [1.54, 1.807) is 0 Å². The zero-order valence-corrected chi connectivity index (χ0v) is 15.8. The number of aliphatic hydroxyl groups excluding tert-OH is 2. The Morgan fingerprint density at radius 3 is 0.500 bits per heavy atom. The van der Waals surface area contributed by atoms with Crippen molar-refractivity contribution in [3.05, 3.63) is 0 Å². The Balaban J connectivity index is -0.0000000469. The van der Waals surface area contributed by atoms with Crippen molar-refractivity contribution in [2.45, 2.75) is 0 Å². The van der Waals surface area contributed by atoms with E-state index in [2.05, 4.69) is 0 Å². The Bertz CT molecular complexity index is 186. The van der Waals surface area contributed by atoms with Crippen molar-refractivity contribution in [1.29, 1.82) is 0 Å². The van der Waals surface area contributed by atoms with Crippen LogP contribution in [0.3, 0.4) is 0 Å². The van der Waals surface area contributed by atoms with Gasteiger partial charge in [0.2, 0.25) is 0 Å². The van der Waals surface area contributed by atoms with Crippen molar-refractivity contribution in [2.24, 2.45) is 0 Å². The Labute approximate surface area is 139 Å². The number of rotatable bonds is 1. The average Bonchev–Trinajstić information content (AvgIpc) is 2.13. The summed E-state index contributed by atoms with van der Waals surface area (Å²) in [5.74, 6) is 0. The maximum absolute atomic E-state index is 8.81. The van der Waals surface area contributed by atoms with E-state index in [0.717, 1.165) is 0 Å². The van der Waals surface area contributed by atoms with Crippen LogP contribution in [-0.4, -0.2) is 52.9 Å². The summed E-state index contributed by atoms with van der Waals surface area (Å²) in [6.45, 7) is -0.250. The number of aliphatic hydroxyl groups is 2. The fraction of sp³-hybridized carbons (Fsp3) is 1.00. The summed E-state index contributed by atoms with van der Waals surface area (Å²) >= 11 is -14.3. The third-order valence-corrected chi connectivity index (χ3v) is 0.1000. The molecule has 0 heterocycles. The molecule has 0 fully saturated rings. The van der Waals surface area contributed by atoms with Gasteiger partial charge in [-0.05, 0) is 0 Å². The molecule has 20 heavy (non-hydrogen) atoms. The van der Waals surface area contributed by atoms with Gasteiger partial charge in [-0.1, -0.05) is 0 Å². The van der Waals surface area contributed by atoms with Crippen molar-refractivity contribution >= 4 is 0 Å². The summed E-state index contributed by atoms with van der Waals surface area (Å²) in [5.41, 5.74) is 0. The van der Waals surface area contributed by atoms with Crippen LogP contribution in [0, 0.1) is 0 Å². The molecule has 0 radical (unpaired) electrons. The minimum absolute atomic E-state index is 0.125. The van der Waals surface area contributed by atoms with Crippen molar-refractivity contribution in [1.82, 2.24) is 0 Å². The zero-order valence-electron chi connectivity index (χ0n) is 9.52. The normalized spacial score (nSPS) is 6.70. The number of hydrogen-bond acceptors (Lipinski definition) is 6. The van der Waals surface area contributed by atoms with E-state index in [-0.39, 0.29) is 13.2 Å². The van der Waals surface area contributed by atoms with E-state index in [4.69, 9.17) is 53.0 Å². The van der Waals surface area contributed by atoms with Crippen LogP contribution in [0.15, 0.2) is 0 Å². The third kappa shape index (κ3) is 969. The molecule has 0 rings (SSSR count). The fourth-order valence-electron chi connectivity index (χ4n) is 0. The summed E-state index contributed by atoms with van der Waals surface area (Å²) < 4.78 is 93.0. The number of hydrogen-bond donors (Lipinski definition) is 10. The Hall–Kier alpha value is 1.66. The molecule has 0 amide bonds. The maximum atomic E-state index is 8.81. The van der Waals surface area contributed by atoms with Gasteiger partial charge < -0.3 is 10.2 Å². The van der Waals surface area contributed by atoms with Crippen LogP contribution in [0.4, 0.5) is 0 Å². The monoisotopic (exact) mass is 454 g/mol. The molecule has 0 aliphatic heterocycles. The average molecular weight is 454 g/mol. The summed E-state index contributed by atoms with van der Waals surface area (Å²) in [7, 11) is 0. The van der Waals surface area contributed by atoms with Gasteiger partial charge in [-0.15, -0.1) is 0 Å². The van der Waals surface area contributed by atoms with Crippen LogP contribution < -0.4 is 0 Å². The second-order valence-electron chi connectivity index (χ2n) is 1.58. The zero-order chi connectivity index (χ0) is 17.7. The molecule has 0 aliphatic carbocycles. The Morgan fingerprint density at radius 2 is 0.500 bits per heavy atom. The van der Waals surface area contributed by atoms with Gasteiger partial charge in [0.25, 0.3) is 0 Å². The van der Waals surface area contributed by atoms with E-state index in [1.807, 2.05) is 0 Å². The molecule has 0 aromatic rings. The van der Waals surface area contributed by atoms with Crippen molar-refractivity contribution < 1.29 is 127 Å². The molecule has 0 saturated heterocycles. The van der Waals surface area contributed by atoms with Gasteiger partial charge in [-0.25, -0.2) is 0 Å². The Morgan fingerprint density at radius 1 is 0.450 bits per heavy atom. The first-order valence-corrected chi connectivity index (χ1v) is 11.9. The molecule has 0 aromatic heterocycles. The van der Waals surface area contributed by atoms with Crippen molar-refractivity contribution in [3.8, 4) is 0 Å². The van der Waals surface area contributed by atoms with Crippen molar-refractivity contribution in [2.75, 3.05) is 13.2 Å². The van der Waals surface area contributed by atoms with E-state index in [0.29, 0.717) is 0 Å². The molecule has 122 valence electrons. The molecule has 14 nitrogen and oxygen atoms in total. The van der Waals surface area contributed by atoms with E-state index >= 15 is 0 Å². The molecule has 0 atom stereocenters.